The number of hydrogen-bond donors (Lipinski definition) is 1. The first-order chi connectivity index (χ1) is 14.0. The molecule has 0 atom stereocenters. The van der Waals surface area contributed by atoms with Crippen molar-refractivity contribution in [2.45, 2.75) is 6.61 Å². The quantitative estimate of drug-likeness (QED) is 0.653. The molecule has 0 radical (unpaired) electrons. The van der Waals surface area contributed by atoms with E-state index >= 15 is 0 Å². The van der Waals surface area contributed by atoms with Crippen molar-refractivity contribution in [3.8, 4) is 17.2 Å². The lowest BCUT2D eigenvalue weighted by Gasteiger charge is -2.11. The Morgan fingerprint density at radius 2 is 1.86 bits per heavy atom. The van der Waals surface area contributed by atoms with Crippen molar-refractivity contribution in [3.05, 3.63) is 82.2 Å². The van der Waals surface area contributed by atoms with Crippen LogP contribution in [-0.2, 0) is 6.61 Å². The fourth-order valence-electron chi connectivity index (χ4n) is 2.49. The normalized spacial score (nSPS) is 10.3. The number of hydrogen-bond acceptors (Lipinski definition) is 6. The predicted molar refractivity (Wildman–Crippen MR) is 103 cm³/mol. The number of halogens is 1. The van der Waals surface area contributed by atoms with Crippen molar-refractivity contribution in [2.24, 2.45) is 0 Å². The number of amides is 1. The van der Waals surface area contributed by atoms with Gasteiger partial charge in [-0.15, -0.1) is 0 Å². The number of anilines is 1. The third-order valence-corrected chi connectivity index (χ3v) is 4.02. The van der Waals surface area contributed by atoms with Crippen LogP contribution in [0.5, 0.6) is 17.2 Å². The second kappa shape index (κ2) is 8.92. The largest absolute Gasteiger partial charge is 0.497 e. The summed E-state index contributed by atoms with van der Waals surface area (Å²) in [5, 5.41) is 2.60. The number of rotatable bonds is 7. The van der Waals surface area contributed by atoms with Crippen molar-refractivity contribution in [2.75, 3.05) is 19.5 Å². The second-order valence-electron chi connectivity index (χ2n) is 5.87. The molecule has 29 heavy (non-hydrogen) atoms. The molecule has 0 aliphatic heterocycles. The average molecular weight is 399 g/mol. The van der Waals surface area contributed by atoms with E-state index in [1.54, 1.807) is 36.4 Å². The number of ether oxygens (including phenoxy) is 3. The molecular formula is C21H18FNO6. The Kier molecular flexibility index (Phi) is 6.13. The number of nitrogens with one attached hydrogen (secondary N) is 1. The molecule has 1 aromatic heterocycles. The molecule has 0 saturated heterocycles. The Labute approximate surface area is 165 Å². The second-order valence-corrected chi connectivity index (χ2v) is 5.87. The van der Waals surface area contributed by atoms with Gasteiger partial charge in [-0.3, -0.25) is 9.59 Å². The van der Waals surface area contributed by atoms with E-state index in [2.05, 4.69) is 5.32 Å². The van der Waals surface area contributed by atoms with Crippen molar-refractivity contribution in [1.82, 2.24) is 0 Å². The van der Waals surface area contributed by atoms with Crippen LogP contribution in [0.1, 0.15) is 16.1 Å². The molecule has 1 N–H and O–H groups in total. The molecule has 3 rings (SSSR count). The van der Waals surface area contributed by atoms with Crippen molar-refractivity contribution >= 4 is 11.6 Å². The molecular weight excluding hydrogens is 381 g/mol. The van der Waals surface area contributed by atoms with Crippen LogP contribution in [0.15, 0.2) is 64.0 Å². The van der Waals surface area contributed by atoms with Crippen LogP contribution in [0.4, 0.5) is 10.1 Å². The van der Waals surface area contributed by atoms with Gasteiger partial charge in [-0.2, -0.15) is 0 Å². The number of carbonyl (C=O) groups excluding carboxylic acids is 1. The Morgan fingerprint density at radius 1 is 1.07 bits per heavy atom. The summed E-state index contributed by atoms with van der Waals surface area (Å²) in [6.45, 7) is -0.149. The van der Waals surface area contributed by atoms with E-state index in [4.69, 9.17) is 18.6 Å². The first kappa shape index (κ1) is 19.9. The minimum Gasteiger partial charge on any atom is -0.497 e. The molecule has 0 aliphatic carbocycles. The Balaban J connectivity index is 1.74. The summed E-state index contributed by atoms with van der Waals surface area (Å²) in [6.07, 6.45) is 1.01. The van der Waals surface area contributed by atoms with E-state index in [0.29, 0.717) is 22.7 Å². The van der Waals surface area contributed by atoms with Gasteiger partial charge < -0.3 is 23.9 Å². The lowest BCUT2D eigenvalue weighted by atomic mass is 10.2. The van der Waals surface area contributed by atoms with Gasteiger partial charge in [0.15, 0.2) is 5.76 Å². The van der Waals surface area contributed by atoms with Crippen LogP contribution in [0.3, 0.4) is 0 Å². The smallest absolute Gasteiger partial charge is 0.291 e. The van der Waals surface area contributed by atoms with E-state index in [1.807, 2.05) is 0 Å². The number of benzene rings is 2. The maximum atomic E-state index is 13.6. The average Bonchev–Trinajstić information content (AvgIpc) is 2.73. The third kappa shape index (κ3) is 4.73. The molecule has 1 amide bonds. The summed E-state index contributed by atoms with van der Waals surface area (Å²) in [5.74, 6) is -0.540. The molecule has 150 valence electrons. The summed E-state index contributed by atoms with van der Waals surface area (Å²) in [6, 6.07) is 11.9. The highest BCUT2D eigenvalue weighted by molar-refractivity contribution is 6.03. The molecule has 0 aliphatic rings. The van der Waals surface area contributed by atoms with Gasteiger partial charge in [0.05, 0.1) is 19.9 Å². The zero-order valence-corrected chi connectivity index (χ0v) is 15.7. The van der Waals surface area contributed by atoms with Crippen LogP contribution < -0.4 is 25.0 Å². The van der Waals surface area contributed by atoms with Gasteiger partial charge in [0.1, 0.15) is 30.2 Å². The summed E-state index contributed by atoms with van der Waals surface area (Å²) in [7, 11) is 2.95. The molecule has 0 spiro atoms. The highest BCUT2D eigenvalue weighted by Crippen LogP contribution is 2.29. The number of methoxy groups -OCH3 is 2. The summed E-state index contributed by atoms with van der Waals surface area (Å²) < 4.78 is 34.5. The van der Waals surface area contributed by atoms with E-state index in [1.165, 1.54) is 20.3 Å². The minimum atomic E-state index is -0.658. The van der Waals surface area contributed by atoms with Gasteiger partial charge >= 0.3 is 0 Å². The van der Waals surface area contributed by atoms with E-state index in [9.17, 15) is 14.0 Å². The van der Waals surface area contributed by atoms with Gasteiger partial charge in [0.2, 0.25) is 11.2 Å². The lowest BCUT2D eigenvalue weighted by molar-refractivity contribution is 0.0993. The minimum absolute atomic E-state index is 0.135. The Bertz CT molecular complexity index is 1080. The monoisotopic (exact) mass is 399 g/mol. The van der Waals surface area contributed by atoms with Gasteiger partial charge in [0.25, 0.3) is 5.91 Å². The predicted octanol–water partition coefficient (Wildman–Crippen LogP) is 3.63. The van der Waals surface area contributed by atoms with E-state index in [-0.39, 0.29) is 18.1 Å². The molecule has 3 aromatic rings. The maximum Gasteiger partial charge on any atom is 0.291 e. The fraction of sp³-hybridized carbons (Fsp3) is 0.143. The number of carbonyl (C=O) groups is 1. The topological polar surface area (TPSA) is 87.0 Å². The Hall–Kier alpha value is -3.81. The molecule has 0 saturated carbocycles. The fourth-order valence-corrected chi connectivity index (χ4v) is 2.49. The standard InChI is InChI=1S/C21H18FNO6/c1-26-14-7-8-18(27-2)16(9-14)23-21(25)19-10-17(24)20(12-29-19)28-11-13-5-3-4-6-15(13)22/h3-10,12H,11H2,1-2H3,(H,23,25). The van der Waals surface area contributed by atoms with Crippen LogP contribution in [0.2, 0.25) is 0 Å². The maximum absolute atomic E-state index is 13.6. The SMILES string of the molecule is COc1ccc(OC)c(NC(=O)c2cc(=O)c(OCc3ccccc3F)co2)c1. The van der Waals surface area contributed by atoms with Crippen molar-refractivity contribution in [3.63, 3.8) is 0 Å². The van der Waals surface area contributed by atoms with Crippen molar-refractivity contribution in [1.29, 1.82) is 0 Å². The molecule has 0 unspecified atom stereocenters. The summed E-state index contributed by atoms with van der Waals surface area (Å²) >= 11 is 0. The zero-order chi connectivity index (χ0) is 20.8. The highest BCUT2D eigenvalue weighted by atomic mass is 19.1. The van der Waals surface area contributed by atoms with Crippen LogP contribution in [0, 0.1) is 5.82 Å². The highest BCUT2D eigenvalue weighted by Gasteiger charge is 2.15. The molecule has 0 bridgehead atoms. The molecule has 2 aromatic carbocycles. The van der Waals surface area contributed by atoms with Crippen LogP contribution in [0.25, 0.3) is 0 Å². The van der Waals surface area contributed by atoms with E-state index in [0.717, 1.165) is 12.3 Å². The molecule has 8 heteroatoms. The Morgan fingerprint density at radius 3 is 2.55 bits per heavy atom. The zero-order valence-electron chi connectivity index (χ0n) is 15.7. The van der Waals surface area contributed by atoms with Crippen LogP contribution in [-0.4, -0.2) is 20.1 Å². The van der Waals surface area contributed by atoms with Crippen LogP contribution >= 0.6 is 0 Å². The first-order valence-corrected chi connectivity index (χ1v) is 8.54. The van der Waals surface area contributed by atoms with Gasteiger partial charge in [-0.1, -0.05) is 18.2 Å². The summed E-state index contributed by atoms with van der Waals surface area (Å²) in [5.41, 5.74) is 0.0635. The summed E-state index contributed by atoms with van der Waals surface area (Å²) in [4.78, 5) is 24.7. The molecule has 0 fully saturated rings. The first-order valence-electron chi connectivity index (χ1n) is 8.54. The van der Waals surface area contributed by atoms with Crippen molar-refractivity contribution < 1.29 is 27.8 Å². The van der Waals surface area contributed by atoms with Gasteiger partial charge in [-0.25, -0.2) is 4.39 Å². The van der Waals surface area contributed by atoms with E-state index < -0.39 is 17.2 Å². The van der Waals surface area contributed by atoms with Gasteiger partial charge in [-0.05, 0) is 18.2 Å². The van der Waals surface area contributed by atoms with Gasteiger partial charge in [0, 0.05) is 17.7 Å². The molecule has 1 heterocycles. The molecule has 7 nitrogen and oxygen atoms in total. The lowest BCUT2D eigenvalue weighted by Crippen LogP contribution is -2.16. The third-order valence-electron chi connectivity index (χ3n) is 4.02.